The number of aromatic nitrogens is 2. The first-order chi connectivity index (χ1) is 17.5. The Morgan fingerprint density at radius 2 is 0.972 bits per heavy atom. The number of pyridine rings is 2. The van der Waals surface area contributed by atoms with Gasteiger partial charge in [0.15, 0.2) is 0 Å². The van der Waals surface area contributed by atoms with Gasteiger partial charge in [-0.15, -0.1) is 0 Å². The molecule has 0 bridgehead atoms. The first kappa shape index (κ1) is 24.6. The minimum absolute atomic E-state index is 0.220. The Hall–Kier alpha value is -4.51. The van der Waals surface area contributed by atoms with Gasteiger partial charge in [-0.05, 0) is 35.4 Å². The largest absolute Gasteiger partial charge is 0.377 e. The van der Waals surface area contributed by atoms with E-state index in [0.29, 0.717) is 11.4 Å². The van der Waals surface area contributed by atoms with E-state index in [1.54, 1.807) is 12.4 Å². The van der Waals surface area contributed by atoms with Crippen molar-refractivity contribution in [3.63, 3.8) is 0 Å². The maximum Gasteiger partial charge on any atom is 0.231 e. The van der Waals surface area contributed by atoms with Gasteiger partial charge in [0.25, 0.3) is 0 Å². The molecular weight excluding hydrogens is 444 g/mol. The second-order valence-electron chi connectivity index (χ2n) is 8.79. The molecule has 5 nitrogen and oxygen atoms in total. The van der Waals surface area contributed by atoms with E-state index in [2.05, 4.69) is 9.97 Å². The lowest BCUT2D eigenvalue weighted by atomic mass is 9.99. The molecule has 0 amide bonds. The average Bonchev–Trinajstić information content (AvgIpc) is 2.91. The molecule has 2 heterocycles. The average molecular weight is 475 g/mol. The molecule has 0 aliphatic rings. The zero-order chi connectivity index (χ0) is 25.5. The van der Waals surface area contributed by atoms with Crippen LogP contribution in [0.25, 0.3) is 24.3 Å². The Balaban J connectivity index is 1.84. The van der Waals surface area contributed by atoms with Crippen LogP contribution >= 0.6 is 0 Å². The van der Waals surface area contributed by atoms with Crippen LogP contribution < -0.4 is 9.80 Å². The molecule has 0 N–H and O–H groups in total. The number of hydrogen-bond acceptors (Lipinski definition) is 5. The van der Waals surface area contributed by atoms with E-state index < -0.39 is 0 Å². The summed E-state index contributed by atoms with van der Waals surface area (Å²) in [4.78, 5) is 27.1. The first-order valence-corrected chi connectivity index (χ1v) is 11.8. The molecule has 2 aromatic carbocycles. The maximum atomic E-state index is 14.0. The van der Waals surface area contributed by atoms with E-state index >= 15 is 0 Å². The summed E-state index contributed by atoms with van der Waals surface area (Å²) >= 11 is 0. The van der Waals surface area contributed by atoms with E-state index in [0.717, 1.165) is 33.6 Å². The highest BCUT2D eigenvalue weighted by Gasteiger charge is 2.23. The molecule has 0 fully saturated rings. The number of carbonyl (C=O) groups excluding carboxylic acids is 1. The molecular formula is C31H30N4O. The topological polar surface area (TPSA) is 49.3 Å². The van der Waals surface area contributed by atoms with Gasteiger partial charge in [0.1, 0.15) is 11.4 Å². The Labute approximate surface area is 213 Å². The van der Waals surface area contributed by atoms with Gasteiger partial charge in [0.2, 0.25) is 5.78 Å². The van der Waals surface area contributed by atoms with Crippen LogP contribution in [0.3, 0.4) is 0 Å². The number of carbonyl (C=O) groups is 1. The SMILES string of the molecule is CN(C)c1ccnc(C(=O)c2nccc(N(C)C)c2C=Cc2ccccc2)c1C=Cc1ccccc1. The minimum Gasteiger partial charge on any atom is -0.377 e. The third kappa shape index (κ3) is 5.58. The third-order valence-corrected chi connectivity index (χ3v) is 5.81. The highest BCUT2D eigenvalue weighted by molar-refractivity contribution is 6.13. The van der Waals surface area contributed by atoms with Crippen LogP contribution in [-0.2, 0) is 0 Å². The smallest absolute Gasteiger partial charge is 0.231 e. The standard InChI is InChI=1S/C31H30N4O/c1-34(2)27-19-21-32-29(25(27)17-15-23-11-7-5-8-12-23)31(36)30-26(28(35(3)4)20-22-33-30)18-16-24-13-9-6-10-14-24/h5-22H,1-4H3. The van der Waals surface area contributed by atoms with Gasteiger partial charge in [-0.25, -0.2) is 0 Å². The maximum absolute atomic E-state index is 14.0. The highest BCUT2D eigenvalue weighted by Crippen LogP contribution is 2.29. The normalized spacial score (nSPS) is 11.2. The lowest BCUT2D eigenvalue weighted by Crippen LogP contribution is -2.17. The van der Waals surface area contributed by atoms with Gasteiger partial charge in [-0.2, -0.15) is 0 Å². The summed E-state index contributed by atoms with van der Waals surface area (Å²) in [7, 11) is 7.84. The molecule has 0 saturated carbocycles. The molecule has 36 heavy (non-hydrogen) atoms. The molecule has 0 radical (unpaired) electrons. The van der Waals surface area contributed by atoms with Gasteiger partial charge in [-0.3, -0.25) is 14.8 Å². The van der Waals surface area contributed by atoms with Crippen LogP contribution in [0.15, 0.2) is 85.2 Å². The van der Waals surface area contributed by atoms with Crippen LogP contribution in [0, 0.1) is 0 Å². The van der Waals surface area contributed by atoms with Crippen molar-refractivity contribution in [1.82, 2.24) is 9.97 Å². The monoisotopic (exact) mass is 474 g/mol. The quantitative estimate of drug-likeness (QED) is 0.285. The van der Waals surface area contributed by atoms with Gasteiger partial charge in [0.05, 0.1) is 0 Å². The van der Waals surface area contributed by atoms with Gasteiger partial charge >= 0.3 is 0 Å². The van der Waals surface area contributed by atoms with Gasteiger partial charge in [-0.1, -0.05) is 72.8 Å². The molecule has 0 aliphatic heterocycles. The predicted octanol–water partition coefficient (Wildman–Crippen LogP) is 6.18. The second-order valence-corrected chi connectivity index (χ2v) is 8.79. The second kappa shape index (κ2) is 11.3. The third-order valence-electron chi connectivity index (χ3n) is 5.81. The summed E-state index contributed by atoms with van der Waals surface area (Å²) in [6.45, 7) is 0. The Bertz CT molecular complexity index is 1280. The van der Waals surface area contributed by atoms with E-state index in [1.165, 1.54) is 0 Å². The molecule has 0 unspecified atom stereocenters. The van der Waals surface area contributed by atoms with Crippen LogP contribution in [0.1, 0.15) is 38.4 Å². The van der Waals surface area contributed by atoms with Crippen molar-refractivity contribution < 1.29 is 4.79 Å². The number of anilines is 2. The van der Waals surface area contributed by atoms with Gasteiger partial charge in [0, 0.05) is 63.1 Å². The molecule has 0 aliphatic carbocycles. The fourth-order valence-electron chi connectivity index (χ4n) is 4.00. The van der Waals surface area contributed by atoms with E-state index in [-0.39, 0.29) is 5.78 Å². The lowest BCUT2D eigenvalue weighted by Gasteiger charge is -2.19. The van der Waals surface area contributed by atoms with Crippen molar-refractivity contribution in [3.8, 4) is 0 Å². The Morgan fingerprint density at radius 1 is 0.583 bits per heavy atom. The molecule has 0 atom stereocenters. The highest BCUT2D eigenvalue weighted by atomic mass is 16.1. The molecule has 2 aromatic heterocycles. The fourth-order valence-corrected chi connectivity index (χ4v) is 4.00. The van der Waals surface area contributed by atoms with Crippen molar-refractivity contribution >= 4 is 41.5 Å². The number of rotatable bonds is 8. The van der Waals surface area contributed by atoms with E-state index in [1.807, 2.05) is 135 Å². The summed E-state index contributed by atoms with van der Waals surface area (Å²) < 4.78 is 0. The molecule has 0 spiro atoms. The number of nitrogens with zero attached hydrogens (tertiary/aromatic N) is 4. The molecule has 0 saturated heterocycles. The molecule has 4 aromatic rings. The van der Waals surface area contributed by atoms with Crippen molar-refractivity contribution in [2.45, 2.75) is 0 Å². The van der Waals surface area contributed by atoms with Crippen LogP contribution in [0.4, 0.5) is 11.4 Å². The van der Waals surface area contributed by atoms with Crippen LogP contribution in [0.5, 0.6) is 0 Å². The number of ketones is 1. The summed E-state index contributed by atoms with van der Waals surface area (Å²) in [6, 6.07) is 23.9. The summed E-state index contributed by atoms with van der Waals surface area (Å²) in [5, 5.41) is 0. The molecule has 180 valence electrons. The summed E-state index contributed by atoms with van der Waals surface area (Å²) in [6.07, 6.45) is 11.3. The van der Waals surface area contributed by atoms with E-state index in [4.69, 9.17) is 0 Å². The summed E-state index contributed by atoms with van der Waals surface area (Å²) in [5.74, 6) is -0.220. The van der Waals surface area contributed by atoms with Crippen molar-refractivity contribution in [2.75, 3.05) is 38.0 Å². The number of hydrogen-bond donors (Lipinski definition) is 0. The van der Waals surface area contributed by atoms with Crippen LogP contribution in [0.2, 0.25) is 0 Å². The fraction of sp³-hybridized carbons (Fsp3) is 0.129. The Kier molecular flexibility index (Phi) is 7.71. The molecule has 5 heteroatoms. The first-order valence-electron chi connectivity index (χ1n) is 11.8. The van der Waals surface area contributed by atoms with Crippen LogP contribution in [-0.4, -0.2) is 43.9 Å². The predicted molar refractivity (Wildman–Crippen MR) is 151 cm³/mol. The summed E-state index contributed by atoms with van der Waals surface area (Å²) in [5.41, 5.74) is 6.15. The Morgan fingerprint density at radius 3 is 1.33 bits per heavy atom. The van der Waals surface area contributed by atoms with Gasteiger partial charge < -0.3 is 9.80 Å². The van der Waals surface area contributed by atoms with E-state index in [9.17, 15) is 4.79 Å². The van der Waals surface area contributed by atoms with Crippen molar-refractivity contribution in [2.24, 2.45) is 0 Å². The molecule has 4 rings (SSSR count). The number of benzene rings is 2. The zero-order valence-electron chi connectivity index (χ0n) is 21.1. The minimum atomic E-state index is -0.220. The lowest BCUT2D eigenvalue weighted by molar-refractivity contribution is 0.102. The van der Waals surface area contributed by atoms with Crippen molar-refractivity contribution in [1.29, 1.82) is 0 Å². The van der Waals surface area contributed by atoms with Crippen molar-refractivity contribution in [3.05, 3.63) is 119 Å². The zero-order valence-corrected chi connectivity index (χ0v) is 21.1.